The zero-order valence-electron chi connectivity index (χ0n) is 19.1. The van der Waals surface area contributed by atoms with Gasteiger partial charge in [-0.1, -0.05) is 19.1 Å². The fraction of sp³-hybridized carbons (Fsp3) is 0.435. The topological polar surface area (TPSA) is 151 Å². The first-order valence-corrected chi connectivity index (χ1v) is 11.0. The molecule has 1 heterocycles. The number of carbonyl (C=O) groups excluding carboxylic acids is 2. The SMILES string of the molecule is CCc1nc(C(N)=O)c(Nc2cccc(CCNC(=O)[C@@H](C)N(C)C(=O)O)c2)nc1C1CC1. The van der Waals surface area contributed by atoms with Crippen molar-refractivity contribution < 1.29 is 19.5 Å². The van der Waals surface area contributed by atoms with Gasteiger partial charge in [0, 0.05) is 25.2 Å². The highest BCUT2D eigenvalue weighted by Crippen LogP contribution is 2.41. The molecule has 3 rings (SSSR count). The summed E-state index contributed by atoms with van der Waals surface area (Å²) in [6.45, 7) is 3.87. The molecule has 1 aliphatic carbocycles. The third-order valence-electron chi connectivity index (χ3n) is 5.70. The number of benzene rings is 1. The average molecular weight is 455 g/mol. The first kappa shape index (κ1) is 24.0. The number of rotatable bonds is 10. The van der Waals surface area contributed by atoms with E-state index in [9.17, 15) is 14.4 Å². The number of anilines is 2. The minimum absolute atomic E-state index is 0.116. The Morgan fingerprint density at radius 2 is 2.00 bits per heavy atom. The molecule has 1 atom stereocenters. The second kappa shape index (κ2) is 10.3. The van der Waals surface area contributed by atoms with E-state index in [1.165, 1.54) is 14.0 Å². The summed E-state index contributed by atoms with van der Waals surface area (Å²) in [6, 6.07) is 6.74. The monoisotopic (exact) mass is 454 g/mol. The van der Waals surface area contributed by atoms with Crippen molar-refractivity contribution >= 4 is 29.4 Å². The molecule has 0 saturated heterocycles. The summed E-state index contributed by atoms with van der Waals surface area (Å²) in [6.07, 6.45) is 2.20. The summed E-state index contributed by atoms with van der Waals surface area (Å²) >= 11 is 0. The normalized spacial score (nSPS) is 13.8. The minimum atomic E-state index is -1.16. The van der Waals surface area contributed by atoms with E-state index in [0.29, 0.717) is 31.1 Å². The molecule has 1 aromatic heterocycles. The maximum absolute atomic E-state index is 12.1. The third-order valence-corrected chi connectivity index (χ3v) is 5.70. The van der Waals surface area contributed by atoms with Crippen LogP contribution in [-0.2, 0) is 17.6 Å². The molecule has 176 valence electrons. The van der Waals surface area contributed by atoms with Crippen molar-refractivity contribution in [1.82, 2.24) is 20.2 Å². The number of hydrogen-bond donors (Lipinski definition) is 4. The lowest BCUT2D eigenvalue weighted by Gasteiger charge is -2.20. The van der Waals surface area contributed by atoms with Gasteiger partial charge in [-0.25, -0.2) is 14.8 Å². The van der Waals surface area contributed by atoms with Gasteiger partial charge in [-0.05, 0) is 50.3 Å². The highest BCUT2D eigenvalue weighted by molar-refractivity contribution is 5.96. The smallest absolute Gasteiger partial charge is 0.407 e. The van der Waals surface area contributed by atoms with Crippen LogP contribution in [-0.4, -0.2) is 57.5 Å². The molecule has 0 aliphatic heterocycles. The van der Waals surface area contributed by atoms with E-state index in [2.05, 4.69) is 15.6 Å². The van der Waals surface area contributed by atoms with E-state index in [-0.39, 0.29) is 11.6 Å². The summed E-state index contributed by atoms with van der Waals surface area (Å²) in [5.41, 5.74) is 9.07. The lowest BCUT2D eigenvalue weighted by Crippen LogP contribution is -2.45. The van der Waals surface area contributed by atoms with Crippen LogP contribution in [0.2, 0.25) is 0 Å². The van der Waals surface area contributed by atoms with E-state index in [0.717, 1.165) is 40.4 Å². The number of carboxylic acid groups (broad SMARTS) is 1. The first-order chi connectivity index (χ1) is 15.7. The standard InChI is InChI=1S/C23H30N6O4/c1-4-17-18(15-8-9-15)28-21(19(27-17)20(24)30)26-16-7-5-6-14(12-16)10-11-25-22(31)13(2)29(3)23(32)33/h5-7,12-13,15H,4,8-11H2,1-3H3,(H2,24,30)(H,25,31)(H,26,28)(H,32,33)/t13-/m1/s1. The molecule has 0 radical (unpaired) electrons. The van der Waals surface area contributed by atoms with Gasteiger partial charge in [-0.2, -0.15) is 0 Å². The van der Waals surface area contributed by atoms with Crippen molar-refractivity contribution in [3.05, 3.63) is 46.9 Å². The molecule has 10 nitrogen and oxygen atoms in total. The lowest BCUT2D eigenvalue weighted by atomic mass is 10.1. The second-order valence-corrected chi connectivity index (χ2v) is 8.18. The maximum atomic E-state index is 12.1. The van der Waals surface area contributed by atoms with Gasteiger partial charge >= 0.3 is 6.09 Å². The number of carbonyl (C=O) groups is 3. The number of amides is 3. The molecule has 0 spiro atoms. The highest BCUT2D eigenvalue weighted by Gasteiger charge is 2.30. The number of aromatic nitrogens is 2. The van der Waals surface area contributed by atoms with Gasteiger partial charge in [0.25, 0.3) is 5.91 Å². The molecule has 10 heteroatoms. The minimum Gasteiger partial charge on any atom is -0.465 e. The van der Waals surface area contributed by atoms with Crippen LogP contribution in [0.3, 0.4) is 0 Å². The number of nitrogens with zero attached hydrogens (tertiary/aromatic N) is 3. The molecule has 5 N–H and O–H groups in total. The van der Waals surface area contributed by atoms with Crippen LogP contribution < -0.4 is 16.4 Å². The van der Waals surface area contributed by atoms with Crippen molar-refractivity contribution in [2.75, 3.05) is 18.9 Å². The summed E-state index contributed by atoms with van der Waals surface area (Å²) < 4.78 is 0. The second-order valence-electron chi connectivity index (χ2n) is 8.18. The van der Waals surface area contributed by atoms with Gasteiger partial charge in [-0.15, -0.1) is 0 Å². The number of hydrogen-bond acceptors (Lipinski definition) is 6. The molecule has 1 saturated carbocycles. The number of nitrogens with one attached hydrogen (secondary N) is 2. The molecular formula is C23H30N6O4. The summed E-state index contributed by atoms with van der Waals surface area (Å²) in [5.74, 6) is -0.273. The molecular weight excluding hydrogens is 424 g/mol. The number of likely N-dealkylation sites (N-methyl/N-ethyl adjacent to an activating group) is 1. The molecule has 0 unspecified atom stereocenters. The van der Waals surface area contributed by atoms with Gasteiger partial charge in [0.2, 0.25) is 5.91 Å². The molecule has 1 aliphatic rings. The third kappa shape index (κ3) is 5.97. The molecule has 1 fully saturated rings. The van der Waals surface area contributed by atoms with Crippen LogP contribution in [0, 0.1) is 0 Å². The Labute approximate surface area is 192 Å². The zero-order chi connectivity index (χ0) is 24.1. The van der Waals surface area contributed by atoms with E-state index in [4.69, 9.17) is 15.8 Å². The molecule has 3 amide bonds. The fourth-order valence-electron chi connectivity index (χ4n) is 3.45. The van der Waals surface area contributed by atoms with Crippen molar-refractivity contribution in [3.8, 4) is 0 Å². The van der Waals surface area contributed by atoms with Crippen molar-refractivity contribution in [1.29, 1.82) is 0 Å². The first-order valence-electron chi connectivity index (χ1n) is 11.0. The number of aryl methyl sites for hydroxylation is 1. The van der Waals surface area contributed by atoms with Crippen molar-refractivity contribution in [2.24, 2.45) is 5.73 Å². The largest absolute Gasteiger partial charge is 0.465 e. The van der Waals surface area contributed by atoms with Crippen molar-refractivity contribution in [3.63, 3.8) is 0 Å². The summed E-state index contributed by atoms with van der Waals surface area (Å²) in [5, 5.41) is 14.9. The Kier molecular flexibility index (Phi) is 7.47. The number of nitrogens with two attached hydrogens (primary N) is 1. The Bertz CT molecular complexity index is 1050. The quantitative estimate of drug-likeness (QED) is 0.430. The summed E-state index contributed by atoms with van der Waals surface area (Å²) in [4.78, 5) is 45.3. The van der Waals surface area contributed by atoms with Gasteiger partial charge in [0.15, 0.2) is 11.5 Å². The lowest BCUT2D eigenvalue weighted by molar-refractivity contribution is -0.124. The van der Waals surface area contributed by atoms with E-state index < -0.39 is 18.0 Å². The maximum Gasteiger partial charge on any atom is 0.407 e. The van der Waals surface area contributed by atoms with E-state index >= 15 is 0 Å². The molecule has 1 aromatic carbocycles. The van der Waals surface area contributed by atoms with Crippen LogP contribution >= 0.6 is 0 Å². The Hall–Kier alpha value is -3.69. The molecule has 0 bridgehead atoms. The predicted molar refractivity (Wildman–Crippen MR) is 124 cm³/mol. The van der Waals surface area contributed by atoms with Gasteiger partial charge < -0.3 is 21.5 Å². The zero-order valence-corrected chi connectivity index (χ0v) is 19.1. The highest BCUT2D eigenvalue weighted by atomic mass is 16.4. The molecule has 33 heavy (non-hydrogen) atoms. The van der Waals surface area contributed by atoms with Gasteiger partial charge in [0.1, 0.15) is 6.04 Å². The fourth-order valence-corrected chi connectivity index (χ4v) is 3.45. The molecule has 2 aromatic rings. The number of primary amides is 1. The van der Waals surface area contributed by atoms with Crippen LogP contribution in [0.25, 0.3) is 0 Å². The summed E-state index contributed by atoms with van der Waals surface area (Å²) in [7, 11) is 1.35. The van der Waals surface area contributed by atoms with Crippen LogP contribution in [0.15, 0.2) is 24.3 Å². The average Bonchev–Trinajstić information content (AvgIpc) is 3.63. The predicted octanol–water partition coefficient (Wildman–Crippen LogP) is 2.42. The van der Waals surface area contributed by atoms with Gasteiger partial charge in [-0.3, -0.25) is 14.5 Å². The van der Waals surface area contributed by atoms with Crippen molar-refractivity contribution in [2.45, 2.75) is 51.5 Å². The van der Waals surface area contributed by atoms with Gasteiger partial charge in [0.05, 0.1) is 11.4 Å². The van der Waals surface area contributed by atoms with Crippen LogP contribution in [0.5, 0.6) is 0 Å². The van der Waals surface area contributed by atoms with E-state index in [1.54, 1.807) is 0 Å². The van der Waals surface area contributed by atoms with E-state index in [1.807, 2.05) is 31.2 Å². The Balaban J connectivity index is 1.69. The van der Waals surface area contributed by atoms with Crippen LogP contribution in [0.1, 0.15) is 60.0 Å². The Morgan fingerprint density at radius 3 is 2.61 bits per heavy atom. The Morgan fingerprint density at radius 1 is 1.27 bits per heavy atom. The van der Waals surface area contributed by atoms with Crippen LogP contribution in [0.4, 0.5) is 16.3 Å².